The van der Waals surface area contributed by atoms with Gasteiger partial charge in [-0.15, -0.1) is 11.3 Å². The van der Waals surface area contributed by atoms with Crippen molar-refractivity contribution in [2.24, 2.45) is 0 Å². The standard InChI is InChI=1S/C19H27N5OS/c1-14-13-26-19(21-14)20-12-16-6-2-3-8-23(16)9-10-24-18(25)11-15-5-4-7-17(15)22-24/h11,13,16H,2-10,12H2,1H3,(H,20,21). The van der Waals surface area contributed by atoms with Gasteiger partial charge in [-0.1, -0.05) is 6.42 Å². The van der Waals surface area contributed by atoms with E-state index in [0.717, 1.165) is 61.0 Å². The molecule has 140 valence electrons. The number of piperidine rings is 1. The first-order chi connectivity index (χ1) is 12.7. The lowest BCUT2D eigenvalue weighted by molar-refractivity contribution is 0.148. The topological polar surface area (TPSA) is 63.1 Å². The number of aromatic nitrogens is 3. The SMILES string of the molecule is Cc1csc(NCC2CCCCN2CCn2nc3c(cc2=O)CCC3)n1. The predicted molar refractivity (Wildman–Crippen MR) is 105 cm³/mol. The predicted octanol–water partition coefficient (Wildman–Crippen LogP) is 2.46. The Kier molecular flexibility index (Phi) is 5.36. The molecule has 1 fully saturated rings. The summed E-state index contributed by atoms with van der Waals surface area (Å²) in [6.45, 7) is 5.60. The summed E-state index contributed by atoms with van der Waals surface area (Å²) in [5, 5.41) is 11.2. The van der Waals surface area contributed by atoms with Crippen molar-refractivity contribution in [3.05, 3.63) is 38.8 Å². The van der Waals surface area contributed by atoms with Crippen LogP contribution in [0.15, 0.2) is 16.2 Å². The Bertz CT molecular complexity index is 815. The molecule has 2 aliphatic rings. The first kappa shape index (κ1) is 17.7. The second-order valence-corrected chi connectivity index (χ2v) is 8.25. The van der Waals surface area contributed by atoms with Gasteiger partial charge in [0, 0.05) is 30.6 Å². The average Bonchev–Trinajstić information content (AvgIpc) is 3.27. The largest absolute Gasteiger partial charge is 0.360 e. The molecule has 1 N–H and O–H groups in total. The summed E-state index contributed by atoms with van der Waals surface area (Å²) in [4.78, 5) is 19.3. The molecule has 4 rings (SSSR count). The minimum absolute atomic E-state index is 0.0515. The van der Waals surface area contributed by atoms with Crippen LogP contribution in [0.25, 0.3) is 0 Å². The van der Waals surface area contributed by atoms with E-state index in [1.165, 1.54) is 19.3 Å². The van der Waals surface area contributed by atoms with Crippen molar-refractivity contribution in [3.8, 4) is 0 Å². The zero-order chi connectivity index (χ0) is 17.9. The first-order valence-corrected chi connectivity index (χ1v) is 10.6. The fourth-order valence-electron chi connectivity index (χ4n) is 4.05. The van der Waals surface area contributed by atoms with E-state index in [4.69, 9.17) is 0 Å². The highest BCUT2D eigenvalue weighted by molar-refractivity contribution is 7.13. The minimum atomic E-state index is 0.0515. The van der Waals surface area contributed by atoms with Crippen LogP contribution in [0, 0.1) is 6.92 Å². The van der Waals surface area contributed by atoms with Crippen molar-refractivity contribution < 1.29 is 0 Å². The number of aryl methyl sites for hydroxylation is 3. The van der Waals surface area contributed by atoms with Crippen LogP contribution < -0.4 is 10.9 Å². The van der Waals surface area contributed by atoms with E-state index in [-0.39, 0.29) is 5.56 Å². The van der Waals surface area contributed by atoms with Gasteiger partial charge in [-0.2, -0.15) is 5.10 Å². The van der Waals surface area contributed by atoms with Crippen LogP contribution in [0.5, 0.6) is 0 Å². The van der Waals surface area contributed by atoms with Gasteiger partial charge in [0.05, 0.1) is 17.9 Å². The Balaban J connectivity index is 1.37. The molecule has 6 nitrogen and oxygen atoms in total. The van der Waals surface area contributed by atoms with E-state index in [0.29, 0.717) is 12.6 Å². The molecule has 0 bridgehead atoms. The number of thiazole rings is 1. The number of hydrogen-bond donors (Lipinski definition) is 1. The number of nitrogens with zero attached hydrogens (tertiary/aromatic N) is 4. The molecule has 2 aromatic heterocycles. The van der Waals surface area contributed by atoms with Crippen molar-refractivity contribution in [3.63, 3.8) is 0 Å². The summed E-state index contributed by atoms with van der Waals surface area (Å²) >= 11 is 1.67. The summed E-state index contributed by atoms with van der Waals surface area (Å²) in [5.74, 6) is 0. The second-order valence-electron chi connectivity index (χ2n) is 7.39. The monoisotopic (exact) mass is 373 g/mol. The van der Waals surface area contributed by atoms with Crippen molar-refractivity contribution in [2.45, 2.75) is 58.0 Å². The van der Waals surface area contributed by atoms with Crippen molar-refractivity contribution in [1.29, 1.82) is 0 Å². The van der Waals surface area contributed by atoms with Crippen LogP contribution in [-0.4, -0.2) is 45.3 Å². The number of likely N-dealkylation sites (tertiary alicyclic amines) is 1. The molecular weight excluding hydrogens is 346 g/mol. The van der Waals surface area contributed by atoms with Crippen LogP contribution in [0.2, 0.25) is 0 Å². The number of hydrogen-bond acceptors (Lipinski definition) is 6. The van der Waals surface area contributed by atoms with Gasteiger partial charge in [0.2, 0.25) is 0 Å². The molecule has 1 atom stereocenters. The molecule has 0 aromatic carbocycles. The van der Waals surface area contributed by atoms with Crippen LogP contribution >= 0.6 is 11.3 Å². The zero-order valence-electron chi connectivity index (χ0n) is 15.4. The molecular formula is C19H27N5OS. The van der Waals surface area contributed by atoms with Gasteiger partial charge in [0.25, 0.3) is 5.56 Å². The van der Waals surface area contributed by atoms with E-state index < -0.39 is 0 Å². The number of fused-ring (bicyclic) bond motifs is 1. The zero-order valence-corrected chi connectivity index (χ0v) is 16.2. The average molecular weight is 374 g/mol. The number of rotatable bonds is 6. The van der Waals surface area contributed by atoms with Crippen molar-refractivity contribution in [2.75, 3.05) is 25.0 Å². The van der Waals surface area contributed by atoms with Gasteiger partial charge < -0.3 is 5.32 Å². The van der Waals surface area contributed by atoms with E-state index in [1.54, 1.807) is 22.1 Å². The summed E-state index contributed by atoms with van der Waals surface area (Å²) < 4.78 is 1.67. The van der Waals surface area contributed by atoms with Crippen LogP contribution in [0.4, 0.5) is 5.13 Å². The highest BCUT2D eigenvalue weighted by Gasteiger charge is 2.23. The van der Waals surface area contributed by atoms with E-state index in [9.17, 15) is 4.79 Å². The third kappa shape index (κ3) is 3.99. The van der Waals surface area contributed by atoms with E-state index in [2.05, 4.69) is 25.7 Å². The molecule has 1 aliphatic heterocycles. The van der Waals surface area contributed by atoms with Crippen molar-refractivity contribution in [1.82, 2.24) is 19.7 Å². The summed E-state index contributed by atoms with van der Waals surface area (Å²) in [6.07, 6.45) is 6.86. The van der Waals surface area contributed by atoms with E-state index in [1.807, 2.05) is 6.92 Å². The molecule has 1 unspecified atom stereocenters. The smallest absolute Gasteiger partial charge is 0.267 e. The number of nitrogens with one attached hydrogen (secondary N) is 1. The fourth-order valence-corrected chi connectivity index (χ4v) is 4.75. The molecule has 1 aliphatic carbocycles. The van der Waals surface area contributed by atoms with Gasteiger partial charge in [0.15, 0.2) is 5.13 Å². The third-order valence-electron chi connectivity index (χ3n) is 5.48. The van der Waals surface area contributed by atoms with Gasteiger partial charge >= 0.3 is 0 Å². The maximum absolute atomic E-state index is 12.3. The van der Waals surface area contributed by atoms with Crippen LogP contribution in [0.1, 0.15) is 42.6 Å². The molecule has 0 spiro atoms. The molecule has 0 radical (unpaired) electrons. The lowest BCUT2D eigenvalue weighted by atomic mass is 10.0. The van der Waals surface area contributed by atoms with Gasteiger partial charge in [-0.05, 0) is 51.1 Å². The Morgan fingerprint density at radius 3 is 3.04 bits per heavy atom. The normalized spacial score (nSPS) is 20.3. The maximum atomic E-state index is 12.3. The molecule has 2 aromatic rings. The Morgan fingerprint density at radius 2 is 2.19 bits per heavy atom. The molecule has 0 amide bonds. The Morgan fingerprint density at radius 1 is 1.27 bits per heavy atom. The van der Waals surface area contributed by atoms with Crippen molar-refractivity contribution >= 4 is 16.5 Å². The second kappa shape index (κ2) is 7.88. The lowest BCUT2D eigenvalue weighted by Gasteiger charge is -2.35. The quantitative estimate of drug-likeness (QED) is 0.843. The lowest BCUT2D eigenvalue weighted by Crippen LogP contribution is -2.45. The molecule has 1 saturated heterocycles. The summed E-state index contributed by atoms with van der Waals surface area (Å²) in [6, 6.07) is 2.30. The first-order valence-electron chi connectivity index (χ1n) is 9.69. The van der Waals surface area contributed by atoms with Gasteiger partial charge in [-0.25, -0.2) is 9.67 Å². The van der Waals surface area contributed by atoms with Gasteiger partial charge in [0.1, 0.15) is 0 Å². The van der Waals surface area contributed by atoms with Crippen LogP contribution in [0.3, 0.4) is 0 Å². The Labute approximate surface area is 158 Å². The molecule has 0 saturated carbocycles. The highest BCUT2D eigenvalue weighted by atomic mass is 32.1. The summed E-state index contributed by atoms with van der Waals surface area (Å²) in [5.41, 5.74) is 3.40. The van der Waals surface area contributed by atoms with E-state index >= 15 is 0 Å². The van der Waals surface area contributed by atoms with Crippen LogP contribution in [-0.2, 0) is 19.4 Å². The maximum Gasteiger partial charge on any atom is 0.267 e. The van der Waals surface area contributed by atoms with Gasteiger partial charge in [-0.3, -0.25) is 9.69 Å². The minimum Gasteiger partial charge on any atom is -0.360 e. The fraction of sp³-hybridized carbons (Fsp3) is 0.632. The molecule has 3 heterocycles. The molecule has 26 heavy (non-hydrogen) atoms. The number of anilines is 1. The highest BCUT2D eigenvalue weighted by Crippen LogP contribution is 2.20. The molecule has 7 heteroatoms. The Hall–Kier alpha value is -1.73. The third-order valence-corrected chi connectivity index (χ3v) is 6.40. The summed E-state index contributed by atoms with van der Waals surface area (Å²) in [7, 11) is 0.